The summed E-state index contributed by atoms with van der Waals surface area (Å²) in [7, 11) is 0. The van der Waals surface area contributed by atoms with Crippen LogP contribution >= 0.6 is 11.8 Å². The first-order valence-electron chi connectivity index (χ1n) is 5.32. The fraction of sp³-hybridized carbons (Fsp3) is 0.909. The van der Waals surface area contributed by atoms with Gasteiger partial charge in [-0.25, -0.2) is 0 Å². The smallest absolute Gasteiger partial charge is 0.309 e. The van der Waals surface area contributed by atoms with Crippen molar-refractivity contribution in [1.29, 1.82) is 0 Å². The molecule has 0 aliphatic heterocycles. The molecule has 2 N–H and O–H groups in total. The van der Waals surface area contributed by atoms with Crippen molar-refractivity contribution in [2.45, 2.75) is 33.6 Å². The maximum atomic E-state index is 10.8. The van der Waals surface area contributed by atoms with Gasteiger partial charge in [-0.2, -0.15) is 11.8 Å². The molecule has 0 saturated carbocycles. The lowest BCUT2D eigenvalue weighted by Gasteiger charge is -2.18. The molecule has 0 bridgehead atoms. The number of carboxylic acids is 1. The Morgan fingerprint density at radius 1 is 1.47 bits per heavy atom. The minimum absolute atomic E-state index is 0.230. The van der Waals surface area contributed by atoms with Crippen LogP contribution in [0.5, 0.6) is 0 Å². The number of aliphatic carboxylic acids is 1. The highest BCUT2D eigenvalue weighted by molar-refractivity contribution is 7.99. The molecule has 0 rings (SSSR count). The van der Waals surface area contributed by atoms with Gasteiger partial charge >= 0.3 is 5.97 Å². The number of aliphatic hydroxyl groups excluding tert-OH is 1. The SMILES string of the molecule is CC(CO)CSCCCC(C)(C)C(=O)O. The highest BCUT2D eigenvalue weighted by Crippen LogP contribution is 2.23. The second-order valence-electron chi connectivity index (χ2n) is 4.66. The van der Waals surface area contributed by atoms with E-state index in [0.717, 1.165) is 17.9 Å². The van der Waals surface area contributed by atoms with E-state index >= 15 is 0 Å². The Hall–Kier alpha value is -0.220. The average Bonchev–Trinajstić information content (AvgIpc) is 2.16. The van der Waals surface area contributed by atoms with E-state index in [2.05, 4.69) is 0 Å². The number of carbonyl (C=O) groups is 1. The van der Waals surface area contributed by atoms with Gasteiger partial charge in [0.1, 0.15) is 0 Å². The molecular weight excluding hydrogens is 212 g/mol. The van der Waals surface area contributed by atoms with Crippen molar-refractivity contribution in [3.63, 3.8) is 0 Å². The van der Waals surface area contributed by atoms with Gasteiger partial charge in [-0.05, 0) is 44.1 Å². The molecule has 1 atom stereocenters. The molecule has 0 heterocycles. The van der Waals surface area contributed by atoms with Gasteiger partial charge in [0.2, 0.25) is 0 Å². The fourth-order valence-electron chi connectivity index (χ4n) is 1.06. The van der Waals surface area contributed by atoms with Gasteiger partial charge in [0.15, 0.2) is 0 Å². The second kappa shape index (κ2) is 7.12. The monoisotopic (exact) mass is 234 g/mol. The first-order chi connectivity index (χ1) is 6.90. The summed E-state index contributed by atoms with van der Waals surface area (Å²) in [6, 6.07) is 0. The maximum absolute atomic E-state index is 10.8. The van der Waals surface area contributed by atoms with Crippen LogP contribution in [0.4, 0.5) is 0 Å². The summed E-state index contributed by atoms with van der Waals surface area (Å²) in [5.41, 5.74) is -0.608. The number of carboxylic acid groups (broad SMARTS) is 1. The van der Waals surface area contributed by atoms with Crippen LogP contribution in [0.1, 0.15) is 33.6 Å². The first-order valence-corrected chi connectivity index (χ1v) is 6.47. The largest absolute Gasteiger partial charge is 0.481 e. The molecule has 4 heteroatoms. The van der Waals surface area contributed by atoms with Crippen molar-refractivity contribution < 1.29 is 15.0 Å². The third kappa shape index (κ3) is 6.79. The predicted octanol–water partition coefficient (Wildman–Crippen LogP) is 2.24. The Bertz CT molecular complexity index is 192. The molecule has 0 radical (unpaired) electrons. The second-order valence-corrected chi connectivity index (χ2v) is 5.81. The lowest BCUT2D eigenvalue weighted by Crippen LogP contribution is -2.23. The van der Waals surface area contributed by atoms with Gasteiger partial charge < -0.3 is 10.2 Å². The van der Waals surface area contributed by atoms with Crippen molar-refractivity contribution in [2.75, 3.05) is 18.1 Å². The molecular formula is C11H22O3S. The van der Waals surface area contributed by atoms with E-state index in [1.807, 2.05) is 6.92 Å². The summed E-state index contributed by atoms with van der Waals surface area (Å²) >= 11 is 1.79. The van der Waals surface area contributed by atoms with E-state index in [0.29, 0.717) is 12.3 Å². The van der Waals surface area contributed by atoms with E-state index in [-0.39, 0.29) is 6.61 Å². The fourth-order valence-corrected chi connectivity index (χ4v) is 2.08. The van der Waals surface area contributed by atoms with Crippen LogP contribution in [0.2, 0.25) is 0 Å². The van der Waals surface area contributed by atoms with Crippen molar-refractivity contribution in [1.82, 2.24) is 0 Å². The minimum Gasteiger partial charge on any atom is -0.481 e. The Morgan fingerprint density at radius 2 is 2.07 bits per heavy atom. The van der Waals surface area contributed by atoms with Crippen molar-refractivity contribution in [3.8, 4) is 0 Å². The molecule has 0 fully saturated rings. The third-order valence-electron chi connectivity index (χ3n) is 2.38. The van der Waals surface area contributed by atoms with Crippen LogP contribution in [0.25, 0.3) is 0 Å². The molecule has 0 aromatic carbocycles. The van der Waals surface area contributed by atoms with Gasteiger partial charge in [-0.15, -0.1) is 0 Å². The molecule has 1 unspecified atom stereocenters. The molecule has 0 spiro atoms. The van der Waals surface area contributed by atoms with E-state index in [4.69, 9.17) is 10.2 Å². The van der Waals surface area contributed by atoms with Crippen molar-refractivity contribution in [3.05, 3.63) is 0 Å². The lowest BCUT2D eigenvalue weighted by molar-refractivity contribution is -0.147. The lowest BCUT2D eigenvalue weighted by atomic mass is 9.88. The number of hydrogen-bond acceptors (Lipinski definition) is 3. The van der Waals surface area contributed by atoms with E-state index in [9.17, 15) is 4.79 Å². The summed E-state index contributed by atoms with van der Waals surface area (Å²) in [5.74, 6) is 1.53. The zero-order chi connectivity index (χ0) is 11.9. The van der Waals surface area contributed by atoms with Gasteiger partial charge in [0.25, 0.3) is 0 Å². The van der Waals surface area contributed by atoms with Crippen LogP contribution in [0.3, 0.4) is 0 Å². The molecule has 3 nitrogen and oxygen atoms in total. The highest BCUT2D eigenvalue weighted by atomic mass is 32.2. The highest BCUT2D eigenvalue weighted by Gasteiger charge is 2.25. The van der Waals surface area contributed by atoms with Crippen LogP contribution < -0.4 is 0 Å². The van der Waals surface area contributed by atoms with Crippen LogP contribution in [0.15, 0.2) is 0 Å². The topological polar surface area (TPSA) is 57.5 Å². The average molecular weight is 234 g/mol. The Labute approximate surface area is 96.3 Å². The molecule has 0 aliphatic carbocycles. The third-order valence-corrected chi connectivity index (χ3v) is 3.77. The van der Waals surface area contributed by atoms with Crippen molar-refractivity contribution >= 4 is 17.7 Å². The summed E-state index contributed by atoms with van der Waals surface area (Å²) in [5, 5.41) is 17.7. The van der Waals surface area contributed by atoms with Crippen LogP contribution in [0, 0.1) is 11.3 Å². The molecule has 0 saturated heterocycles. The number of thioether (sulfide) groups is 1. The number of rotatable bonds is 8. The van der Waals surface area contributed by atoms with E-state index in [1.165, 1.54) is 0 Å². The number of aliphatic hydroxyl groups is 1. The molecule has 0 aliphatic rings. The summed E-state index contributed by atoms with van der Waals surface area (Å²) in [6.45, 7) is 5.76. The molecule has 0 amide bonds. The summed E-state index contributed by atoms with van der Waals surface area (Å²) in [4.78, 5) is 10.8. The zero-order valence-electron chi connectivity index (χ0n) is 9.82. The van der Waals surface area contributed by atoms with Crippen LogP contribution in [-0.4, -0.2) is 34.3 Å². The van der Waals surface area contributed by atoms with Gasteiger partial charge in [-0.3, -0.25) is 4.79 Å². The number of hydrogen-bond donors (Lipinski definition) is 2. The molecule has 0 aromatic heterocycles. The predicted molar refractivity (Wildman–Crippen MR) is 64.2 cm³/mol. The van der Waals surface area contributed by atoms with Gasteiger partial charge in [-0.1, -0.05) is 6.92 Å². The van der Waals surface area contributed by atoms with Gasteiger partial charge in [0, 0.05) is 6.61 Å². The molecule has 90 valence electrons. The zero-order valence-corrected chi connectivity index (χ0v) is 10.6. The minimum atomic E-state index is -0.726. The standard InChI is InChI=1S/C11H22O3S/c1-9(7-12)8-15-6-4-5-11(2,3)10(13)14/h9,12H,4-8H2,1-3H3,(H,13,14). The maximum Gasteiger partial charge on any atom is 0.309 e. The normalized spacial score (nSPS) is 13.9. The Morgan fingerprint density at radius 3 is 2.53 bits per heavy atom. The van der Waals surface area contributed by atoms with Crippen molar-refractivity contribution in [2.24, 2.45) is 11.3 Å². The van der Waals surface area contributed by atoms with E-state index in [1.54, 1.807) is 25.6 Å². The first kappa shape index (κ1) is 14.8. The molecule has 0 aromatic rings. The summed E-state index contributed by atoms with van der Waals surface area (Å²) < 4.78 is 0. The quantitative estimate of drug-likeness (QED) is 0.632. The Kier molecular flexibility index (Phi) is 7.02. The Balaban J connectivity index is 3.51. The van der Waals surface area contributed by atoms with E-state index < -0.39 is 11.4 Å². The van der Waals surface area contributed by atoms with Gasteiger partial charge in [0.05, 0.1) is 5.41 Å². The van der Waals surface area contributed by atoms with Crippen LogP contribution in [-0.2, 0) is 4.79 Å². The molecule has 15 heavy (non-hydrogen) atoms. The summed E-state index contributed by atoms with van der Waals surface area (Å²) in [6.07, 6.45) is 1.63.